The first-order valence-electron chi connectivity index (χ1n) is 8.17. The van der Waals surface area contributed by atoms with E-state index in [1.807, 2.05) is 0 Å². The van der Waals surface area contributed by atoms with Crippen LogP contribution < -0.4 is 5.32 Å². The number of aromatic nitrogens is 3. The first kappa shape index (κ1) is 16.4. The number of ether oxygens (including phenoxy) is 1. The van der Waals surface area contributed by atoms with Gasteiger partial charge in [0.25, 0.3) is 0 Å². The molecule has 1 aromatic heterocycles. The number of nitrogens with zero attached hydrogens (tertiary/aromatic N) is 4. The predicted octanol–water partition coefficient (Wildman–Crippen LogP) is 0.181. The van der Waals surface area contributed by atoms with Crippen LogP contribution in [0.15, 0.2) is 6.20 Å². The Labute approximate surface area is 139 Å². The van der Waals surface area contributed by atoms with Crippen LogP contribution in [-0.2, 0) is 25.7 Å². The van der Waals surface area contributed by atoms with Crippen LogP contribution in [-0.4, -0.2) is 57.4 Å². The van der Waals surface area contributed by atoms with Crippen molar-refractivity contribution in [2.45, 2.75) is 44.7 Å². The highest BCUT2D eigenvalue weighted by atomic mass is 16.5. The molecule has 2 amide bonds. The molecule has 0 aromatic carbocycles. The SMILES string of the molecule is COC(=O)C1CCCN1C(=O)Cn1cc(NC(=O)C2CCC2)nn1. The van der Waals surface area contributed by atoms with E-state index in [2.05, 4.69) is 15.6 Å². The summed E-state index contributed by atoms with van der Waals surface area (Å²) in [5, 5.41) is 10.4. The van der Waals surface area contributed by atoms with Gasteiger partial charge in [0.2, 0.25) is 11.8 Å². The maximum absolute atomic E-state index is 12.4. The van der Waals surface area contributed by atoms with E-state index in [9.17, 15) is 14.4 Å². The predicted molar refractivity (Wildman–Crippen MR) is 82.7 cm³/mol. The second-order valence-corrected chi connectivity index (χ2v) is 6.19. The van der Waals surface area contributed by atoms with Gasteiger partial charge in [0.05, 0.1) is 13.3 Å². The van der Waals surface area contributed by atoms with Gasteiger partial charge in [-0.05, 0) is 25.7 Å². The van der Waals surface area contributed by atoms with Crippen molar-refractivity contribution in [2.24, 2.45) is 5.92 Å². The molecule has 1 aromatic rings. The van der Waals surface area contributed by atoms with Crippen LogP contribution in [0.2, 0.25) is 0 Å². The molecule has 2 heterocycles. The highest BCUT2D eigenvalue weighted by Crippen LogP contribution is 2.27. The van der Waals surface area contributed by atoms with Gasteiger partial charge in [-0.2, -0.15) is 0 Å². The van der Waals surface area contributed by atoms with Crippen LogP contribution in [0.5, 0.6) is 0 Å². The van der Waals surface area contributed by atoms with Crippen molar-refractivity contribution in [1.29, 1.82) is 0 Å². The minimum atomic E-state index is -0.524. The standard InChI is InChI=1S/C15H21N5O4/c1-24-15(23)11-6-3-7-20(11)13(21)9-19-8-12(17-18-19)16-14(22)10-4-2-5-10/h8,10-11H,2-7,9H2,1H3,(H,16,22). The van der Waals surface area contributed by atoms with Crippen molar-refractivity contribution in [3.8, 4) is 0 Å². The molecule has 0 bridgehead atoms. The molecule has 130 valence electrons. The molecule has 0 spiro atoms. The fraction of sp³-hybridized carbons (Fsp3) is 0.667. The van der Waals surface area contributed by atoms with E-state index >= 15 is 0 Å². The Morgan fingerprint density at radius 1 is 1.29 bits per heavy atom. The highest BCUT2D eigenvalue weighted by molar-refractivity contribution is 5.92. The van der Waals surface area contributed by atoms with Gasteiger partial charge in [0.15, 0.2) is 5.82 Å². The molecular formula is C15H21N5O4. The van der Waals surface area contributed by atoms with Crippen LogP contribution in [0.3, 0.4) is 0 Å². The molecular weight excluding hydrogens is 314 g/mol. The molecule has 1 saturated carbocycles. The molecule has 1 saturated heterocycles. The van der Waals surface area contributed by atoms with Crippen LogP contribution in [0.4, 0.5) is 5.82 Å². The third-order valence-corrected chi connectivity index (χ3v) is 4.61. The molecule has 1 atom stereocenters. The monoisotopic (exact) mass is 335 g/mol. The molecule has 2 aliphatic rings. The molecule has 1 aliphatic carbocycles. The van der Waals surface area contributed by atoms with Gasteiger partial charge in [0.1, 0.15) is 12.6 Å². The summed E-state index contributed by atoms with van der Waals surface area (Å²) in [5.74, 6) is -0.268. The Kier molecular flexibility index (Phi) is 4.77. The van der Waals surface area contributed by atoms with Crippen LogP contribution in [0.25, 0.3) is 0 Å². The number of hydrogen-bond donors (Lipinski definition) is 1. The topological polar surface area (TPSA) is 106 Å². The lowest BCUT2D eigenvalue weighted by atomic mass is 9.85. The summed E-state index contributed by atoms with van der Waals surface area (Å²) in [6.07, 6.45) is 5.79. The van der Waals surface area contributed by atoms with E-state index < -0.39 is 12.0 Å². The lowest BCUT2D eigenvalue weighted by Crippen LogP contribution is -2.42. The van der Waals surface area contributed by atoms with E-state index in [1.54, 1.807) is 0 Å². The van der Waals surface area contributed by atoms with Crippen LogP contribution >= 0.6 is 0 Å². The Morgan fingerprint density at radius 3 is 2.75 bits per heavy atom. The van der Waals surface area contributed by atoms with Crippen molar-refractivity contribution in [1.82, 2.24) is 19.9 Å². The smallest absolute Gasteiger partial charge is 0.328 e. The summed E-state index contributed by atoms with van der Waals surface area (Å²) in [6.45, 7) is 0.498. The van der Waals surface area contributed by atoms with Crippen LogP contribution in [0.1, 0.15) is 32.1 Å². The molecule has 2 fully saturated rings. The minimum absolute atomic E-state index is 0.0280. The van der Waals surface area contributed by atoms with E-state index in [0.29, 0.717) is 18.8 Å². The van der Waals surface area contributed by atoms with Gasteiger partial charge in [-0.15, -0.1) is 5.10 Å². The average Bonchev–Trinajstić information content (AvgIpc) is 3.13. The van der Waals surface area contributed by atoms with E-state index in [0.717, 1.165) is 25.7 Å². The largest absolute Gasteiger partial charge is 0.467 e. The number of anilines is 1. The zero-order chi connectivity index (χ0) is 17.1. The lowest BCUT2D eigenvalue weighted by molar-refractivity contribution is -0.151. The quantitative estimate of drug-likeness (QED) is 0.769. The number of hydrogen-bond acceptors (Lipinski definition) is 6. The second-order valence-electron chi connectivity index (χ2n) is 6.19. The molecule has 1 aliphatic heterocycles. The van der Waals surface area contributed by atoms with E-state index in [-0.39, 0.29) is 24.3 Å². The van der Waals surface area contributed by atoms with Crippen molar-refractivity contribution >= 4 is 23.6 Å². The maximum atomic E-state index is 12.4. The molecule has 3 rings (SSSR count). The zero-order valence-electron chi connectivity index (χ0n) is 13.6. The van der Waals surface area contributed by atoms with Crippen molar-refractivity contribution in [3.05, 3.63) is 6.20 Å². The summed E-state index contributed by atoms with van der Waals surface area (Å²) in [4.78, 5) is 37.5. The van der Waals surface area contributed by atoms with Gasteiger partial charge in [-0.25, -0.2) is 9.48 Å². The number of rotatable bonds is 5. The number of methoxy groups -OCH3 is 1. The Balaban J connectivity index is 1.56. The molecule has 9 nitrogen and oxygen atoms in total. The Hall–Kier alpha value is -2.45. The molecule has 0 radical (unpaired) electrons. The average molecular weight is 335 g/mol. The highest BCUT2D eigenvalue weighted by Gasteiger charge is 2.35. The van der Waals surface area contributed by atoms with Crippen molar-refractivity contribution in [3.63, 3.8) is 0 Å². The molecule has 1 N–H and O–H groups in total. The number of carbonyl (C=O) groups is 3. The number of amides is 2. The third-order valence-electron chi connectivity index (χ3n) is 4.61. The number of carbonyl (C=O) groups excluding carboxylic acids is 3. The maximum Gasteiger partial charge on any atom is 0.328 e. The lowest BCUT2D eigenvalue weighted by Gasteiger charge is -2.23. The van der Waals surface area contributed by atoms with Gasteiger partial charge in [-0.1, -0.05) is 11.6 Å². The number of esters is 1. The zero-order valence-corrected chi connectivity index (χ0v) is 13.6. The minimum Gasteiger partial charge on any atom is -0.467 e. The first-order chi connectivity index (χ1) is 11.6. The van der Waals surface area contributed by atoms with E-state index in [4.69, 9.17) is 4.74 Å². The van der Waals surface area contributed by atoms with Crippen molar-refractivity contribution in [2.75, 3.05) is 19.0 Å². The summed E-state index contributed by atoms with van der Waals surface area (Å²) in [6, 6.07) is -0.524. The molecule has 24 heavy (non-hydrogen) atoms. The number of likely N-dealkylation sites (tertiary alicyclic amines) is 1. The molecule has 9 heteroatoms. The van der Waals surface area contributed by atoms with Gasteiger partial charge < -0.3 is 15.0 Å². The van der Waals surface area contributed by atoms with Crippen molar-refractivity contribution < 1.29 is 19.1 Å². The Bertz CT molecular complexity index is 640. The Morgan fingerprint density at radius 2 is 2.08 bits per heavy atom. The first-order valence-corrected chi connectivity index (χ1v) is 8.17. The fourth-order valence-corrected chi connectivity index (χ4v) is 3.01. The summed E-state index contributed by atoms with van der Waals surface area (Å²) in [5.41, 5.74) is 0. The van der Waals surface area contributed by atoms with Gasteiger partial charge >= 0.3 is 5.97 Å². The third kappa shape index (κ3) is 3.39. The van der Waals surface area contributed by atoms with Crippen LogP contribution in [0, 0.1) is 5.92 Å². The van der Waals surface area contributed by atoms with Gasteiger partial charge in [-0.3, -0.25) is 9.59 Å². The summed E-state index contributed by atoms with van der Waals surface area (Å²) >= 11 is 0. The van der Waals surface area contributed by atoms with E-state index in [1.165, 1.54) is 22.9 Å². The normalized spacial score (nSPS) is 20.5. The molecule has 1 unspecified atom stereocenters. The fourth-order valence-electron chi connectivity index (χ4n) is 3.01. The number of nitrogens with one attached hydrogen (secondary N) is 1. The van der Waals surface area contributed by atoms with Gasteiger partial charge in [0, 0.05) is 12.5 Å². The second kappa shape index (κ2) is 6.98. The summed E-state index contributed by atoms with van der Waals surface area (Å²) in [7, 11) is 1.32. The summed E-state index contributed by atoms with van der Waals surface area (Å²) < 4.78 is 6.10.